The topological polar surface area (TPSA) is 105 Å². The summed E-state index contributed by atoms with van der Waals surface area (Å²) in [6, 6.07) is 3.76. The van der Waals surface area contributed by atoms with E-state index >= 15 is 0 Å². The zero-order valence-corrected chi connectivity index (χ0v) is 13.5. The summed E-state index contributed by atoms with van der Waals surface area (Å²) in [6.07, 6.45) is 5.18. The van der Waals surface area contributed by atoms with Gasteiger partial charge in [0.25, 0.3) is 0 Å². The average Bonchev–Trinajstić information content (AvgIpc) is 3.24. The summed E-state index contributed by atoms with van der Waals surface area (Å²) in [7, 11) is 0. The smallest absolute Gasteiger partial charge is 0.211 e. The van der Waals surface area contributed by atoms with Gasteiger partial charge in [-0.3, -0.25) is 0 Å². The van der Waals surface area contributed by atoms with Gasteiger partial charge in [-0.05, 0) is 25.5 Å². The Bertz CT molecular complexity index is 948. The van der Waals surface area contributed by atoms with Crippen molar-refractivity contribution in [2.75, 3.05) is 18.8 Å². The number of nitrogens with zero attached hydrogens (tertiary/aromatic N) is 4. The third-order valence-electron chi connectivity index (χ3n) is 4.39. The second-order valence-corrected chi connectivity index (χ2v) is 6.19. The maximum absolute atomic E-state index is 9.19. The van der Waals surface area contributed by atoms with Crippen LogP contribution in [0.4, 0.5) is 5.82 Å². The first-order valence-electron chi connectivity index (χ1n) is 7.72. The standard InChI is InChI=1S/C16H15ClN6O/c17-13-14(9-2-1-4-20-7-9)22-16-11(8-21-23(16)15(13)19)10-3-5-24-12(10)6-18/h3,5,8-9,20H,1-2,4,7,19H2. The molecule has 0 radical (unpaired) electrons. The number of nitrogens with one attached hydrogen (secondary N) is 1. The lowest BCUT2D eigenvalue weighted by Gasteiger charge is -2.23. The van der Waals surface area contributed by atoms with E-state index in [2.05, 4.69) is 10.4 Å². The summed E-state index contributed by atoms with van der Waals surface area (Å²) in [6.45, 7) is 1.82. The van der Waals surface area contributed by atoms with E-state index in [9.17, 15) is 5.26 Å². The number of rotatable bonds is 2. The Morgan fingerprint density at radius 2 is 2.33 bits per heavy atom. The minimum absolute atomic E-state index is 0.209. The van der Waals surface area contributed by atoms with E-state index in [1.54, 1.807) is 12.3 Å². The summed E-state index contributed by atoms with van der Waals surface area (Å²) in [5, 5.41) is 17.3. The average molecular weight is 343 g/mol. The Balaban J connectivity index is 1.92. The molecule has 0 amide bonds. The highest BCUT2D eigenvalue weighted by atomic mass is 35.5. The highest BCUT2D eigenvalue weighted by Gasteiger charge is 2.24. The van der Waals surface area contributed by atoms with Crippen molar-refractivity contribution < 1.29 is 4.42 Å². The van der Waals surface area contributed by atoms with Crippen LogP contribution in [0.2, 0.25) is 5.02 Å². The van der Waals surface area contributed by atoms with E-state index in [-0.39, 0.29) is 11.7 Å². The predicted molar refractivity (Wildman–Crippen MR) is 89.7 cm³/mol. The molecule has 122 valence electrons. The van der Waals surface area contributed by atoms with Crippen LogP contribution in [0, 0.1) is 11.3 Å². The number of nitrogens with two attached hydrogens (primary N) is 1. The molecule has 0 aromatic carbocycles. The van der Waals surface area contributed by atoms with E-state index in [1.807, 2.05) is 6.07 Å². The van der Waals surface area contributed by atoms with Gasteiger partial charge < -0.3 is 15.5 Å². The number of piperidine rings is 1. The maximum atomic E-state index is 9.19. The van der Waals surface area contributed by atoms with Crippen molar-refractivity contribution in [2.24, 2.45) is 0 Å². The Morgan fingerprint density at radius 1 is 1.46 bits per heavy atom. The van der Waals surface area contributed by atoms with Gasteiger partial charge in [-0.1, -0.05) is 11.6 Å². The number of furan rings is 1. The van der Waals surface area contributed by atoms with Crippen LogP contribution in [0.15, 0.2) is 22.9 Å². The Labute approximate surface area is 143 Å². The van der Waals surface area contributed by atoms with Crippen molar-refractivity contribution in [3.63, 3.8) is 0 Å². The highest BCUT2D eigenvalue weighted by Crippen LogP contribution is 2.35. The lowest BCUT2D eigenvalue weighted by molar-refractivity contribution is 0.455. The molecule has 3 aromatic heterocycles. The summed E-state index contributed by atoms with van der Waals surface area (Å²) in [5.74, 6) is 0.790. The fraction of sp³-hybridized carbons (Fsp3) is 0.312. The first-order chi connectivity index (χ1) is 11.7. The Morgan fingerprint density at radius 3 is 3.08 bits per heavy atom. The van der Waals surface area contributed by atoms with Crippen LogP contribution >= 0.6 is 11.6 Å². The van der Waals surface area contributed by atoms with Gasteiger partial charge in [0.05, 0.1) is 23.7 Å². The van der Waals surface area contributed by atoms with Crippen LogP contribution in [0.3, 0.4) is 0 Å². The molecule has 0 spiro atoms. The fourth-order valence-electron chi connectivity index (χ4n) is 3.17. The van der Waals surface area contributed by atoms with Crippen LogP contribution in [0.1, 0.15) is 30.2 Å². The highest BCUT2D eigenvalue weighted by molar-refractivity contribution is 6.33. The number of anilines is 1. The van der Waals surface area contributed by atoms with Crippen molar-refractivity contribution in [1.82, 2.24) is 19.9 Å². The van der Waals surface area contributed by atoms with E-state index in [0.717, 1.165) is 31.6 Å². The second kappa shape index (κ2) is 5.82. The molecule has 0 saturated carbocycles. The third kappa shape index (κ3) is 2.23. The van der Waals surface area contributed by atoms with Crippen molar-refractivity contribution in [1.29, 1.82) is 5.26 Å². The van der Waals surface area contributed by atoms with Gasteiger partial charge in [0.15, 0.2) is 5.65 Å². The Hall–Kier alpha value is -2.56. The van der Waals surface area contributed by atoms with Gasteiger partial charge in [-0.15, -0.1) is 0 Å². The van der Waals surface area contributed by atoms with Gasteiger partial charge >= 0.3 is 0 Å². The molecule has 3 N–H and O–H groups in total. The monoisotopic (exact) mass is 342 g/mol. The van der Waals surface area contributed by atoms with Gasteiger partial charge in [0.1, 0.15) is 16.9 Å². The van der Waals surface area contributed by atoms with E-state index in [4.69, 9.17) is 26.7 Å². The quantitative estimate of drug-likeness (QED) is 0.741. The van der Waals surface area contributed by atoms with Crippen LogP contribution in [0.25, 0.3) is 16.8 Å². The molecule has 1 unspecified atom stereocenters. The second-order valence-electron chi connectivity index (χ2n) is 5.81. The number of halogens is 1. The molecular weight excluding hydrogens is 328 g/mol. The van der Waals surface area contributed by atoms with Crippen molar-refractivity contribution in [2.45, 2.75) is 18.8 Å². The number of nitrogen functional groups attached to an aromatic ring is 1. The molecule has 1 atom stereocenters. The number of fused-ring (bicyclic) bond motifs is 1. The number of hydrogen-bond acceptors (Lipinski definition) is 6. The van der Waals surface area contributed by atoms with Crippen molar-refractivity contribution in [3.8, 4) is 17.2 Å². The molecule has 3 aromatic rings. The minimum atomic E-state index is 0.209. The fourth-order valence-corrected chi connectivity index (χ4v) is 3.44. The van der Waals surface area contributed by atoms with Crippen molar-refractivity contribution in [3.05, 3.63) is 35.0 Å². The summed E-state index contributed by atoms with van der Waals surface area (Å²) in [4.78, 5) is 4.75. The van der Waals surface area contributed by atoms with Gasteiger partial charge in [0, 0.05) is 18.0 Å². The molecule has 0 aliphatic carbocycles. The molecule has 7 nitrogen and oxygen atoms in total. The molecule has 1 aliphatic rings. The van der Waals surface area contributed by atoms with E-state index < -0.39 is 0 Å². The Kier molecular flexibility index (Phi) is 3.63. The molecular formula is C16H15ClN6O. The molecule has 0 bridgehead atoms. The molecule has 1 saturated heterocycles. The third-order valence-corrected chi connectivity index (χ3v) is 4.78. The summed E-state index contributed by atoms with van der Waals surface area (Å²) >= 11 is 6.45. The first kappa shape index (κ1) is 15.0. The predicted octanol–water partition coefficient (Wildman–Crippen LogP) is 2.56. The van der Waals surface area contributed by atoms with Crippen LogP contribution in [0.5, 0.6) is 0 Å². The molecule has 1 aliphatic heterocycles. The SMILES string of the molecule is N#Cc1occc1-c1cnn2c(N)c(Cl)c(C3CCCNC3)nc12. The van der Waals surface area contributed by atoms with E-state index in [0.29, 0.717) is 27.6 Å². The molecule has 4 heterocycles. The first-order valence-corrected chi connectivity index (χ1v) is 8.09. The van der Waals surface area contributed by atoms with Crippen LogP contribution in [-0.4, -0.2) is 27.7 Å². The lowest BCUT2D eigenvalue weighted by Crippen LogP contribution is -2.29. The molecule has 4 rings (SSSR count). The lowest BCUT2D eigenvalue weighted by atomic mass is 9.95. The zero-order valence-electron chi connectivity index (χ0n) is 12.8. The zero-order chi connectivity index (χ0) is 16.7. The maximum Gasteiger partial charge on any atom is 0.211 e. The van der Waals surface area contributed by atoms with Crippen LogP contribution in [-0.2, 0) is 0 Å². The normalized spacial score (nSPS) is 17.9. The van der Waals surface area contributed by atoms with Gasteiger partial charge in [0.2, 0.25) is 5.76 Å². The molecule has 8 heteroatoms. The van der Waals surface area contributed by atoms with Crippen molar-refractivity contribution >= 4 is 23.1 Å². The van der Waals surface area contributed by atoms with Crippen LogP contribution < -0.4 is 11.1 Å². The summed E-state index contributed by atoms with van der Waals surface area (Å²) in [5.41, 5.74) is 8.89. The molecule has 1 fully saturated rings. The molecule has 24 heavy (non-hydrogen) atoms. The largest absolute Gasteiger partial charge is 0.453 e. The van der Waals surface area contributed by atoms with Gasteiger partial charge in [-0.25, -0.2) is 4.98 Å². The van der Waals surface area contributed by atoms with E-state index in [1.165, 1.54) is 10.8 Å². The number of aromatic nitrogens is 3. The minimum Gasteiger partial charge on any atom is -0.453 e. The van der Waals surface area contributed by atoms with Gasteiger partial charge in [-0.2, -0.15) is 14.9 Å². The summed E-state index contributed by atoms with van der Waals surface area (Å²) < 4.78 is 6.70. The number of nitriles is 1. The number of hydrogen-bond donors (Lipinski definition) is 2.